The largest absolute Gasteiger partial charge is 0.414 e. The van der Waals surface area contributed by atoms with E-state index in [9.17, 15) is 22.4 Å². The molecule has 8 heteroatoms. The van der Waals surface area contributed by atoms with Crippen LogP contribution in [-0.4, -0.2) is 24.4 Å². The van der Waals surface area contributed by atoms with Crippen molar-refractivity contribution in [3.8, 4) is 0 Å². The van der Waals surface area contributed by atoms with Crippen LogP contribution < -0.4 is 5.48 Å². The van der Waals surface area contributed by atoms with Gasteiger partial charge in [0.15, 0.2) is 6.61 Å². The van der Waals surface area contributed by atoms with E-state index >= 15 is 0 Å². The van der Waals surface area contributed by atoms with Crippen LogP contribution in [0.3, 0.4) is 0 Å². The second kappa shape index (κ2) is 7.34. The summed E-state index contributed by atoms with van der Waals surface area (Å²) in [6, 6.07) is 5.73. The quantitative estimate of drug-likeness (QED) is 0.648. The molecule has 0 unspecified atom stereocenters. The predicted molar refractivity (Wildman–Crippen MR) is 62.7 cm³/mol. The van der Waals surface area contributed by atoms with Crippen molar-refractivity contribution < 1.29 is 27.2 Å². The minimum atomic E-state index is -4.48. The Hall–Kier alpha value is -1.28. The van der Waals surface area contributed by atoms with Gasteiger partial charge in [0.25, 0.3) is 5.91 Å². The number of benzene rings is 1. The molecule has 0 aliphatic heterocycles. The zero-order chi connectivity index (χ0) is 14.3. The average molecular weight is 297 g/mol. The fourth-order valence-electron chi connectivity index (χ4n) is 1.07. The Balaban J connectivity index is 2.15. The monoisotopic (exact) mass is 297 g/mol. The number of carbonyl (C=O) groups excluding carboxylic acids is 1. The highest BCUT2D eigenvalue weighted by molar-refractivity contribution is 7.99. The van der Waals surface area contributed by atoms with E-state index in [0.29, 0.717) is 5.75 Å². The number of amides is 1. The molecule has 0 atom stereocenters. The van der Waals surface area contributed by atoms with E-state index < -0.39 is 18.7 Å². The molecule has 0 saturated carbocycles. The standard InChI is InChI=1S/C11H11F4NO2S/c12-9-3-1-8(2-4-9)5-19-6-10(17)16-18-7-11(13,14)15/h1-4H,5-7H2,(H,16,17). The SMILES string of the molecule is O=C(CSCc1ccc(F)cc1)NOCC(F)(F)F. The Morgan fingerprint density at radius 1 is 1.26 bits per heavy atom. The lowest BCUT2D eigenvalue weighted by Crippen LogP contribution is -2.30. The van der Waals surface area contributed by atoms with E-state index in [1.54, 1.807) is 17.6 Å². The van der Waals surface area contributed by atoms with Crippen molar-refractivity contribution in [1.82, 2.24) is 5.48 Å². The van der Waals surface area contributed by atoms with Crippen LogP contribution in [-0.2, 0) is 15.4 Å². The van der Waals surface area contributed by atoms with E-state index in [0.717, 1.165) is 5.56 Å². The number of hydrogen-bond acceptors (Lipinski definition) is 3. The molecule has 0 heterocycles. The molecular formula is C11H11F4NO2S. The smallest absolute Gasteiger partial charge is 0.272 e. The zero-order valence-electron chi connectivity index (χ0n) is 9.67. The topological polar surface area (TPSA) is 38.3 Å². The molecule has 19 heavy (non-hydrogen) atoms. The van der Waals surface area contributed by atoms with Crippen LogP contribution in [0.4, 0.5) is 17.6 Å². The summed E-state index contributed by atoms with van der Waals surface area (Å²) < 4.78 is 47.7. The molecule has 1 aromatic rings. The minimum absolute atomic E-state index is 0.0464. The summed E-state index contributed by atoms with van der Waals surface area (Å²) in [6.07, 6.45) is -4.48. The number of thioether (sulfide) groups is 1. The second-order valence-corrected chi connectivity index (χ2v) is 4.53. The molecule has 0 fully saturated rings. The predicted octanol–water partition coefficient (Wildman–Crippen LogP) is 2.67. The van der Waals surface area contributed by atoms with Crippen molar-refractivity contribution >= 4 is 17.7 Å². The normalized spacial score (nSPS) is 11.4. The highest BCUT2D eigenvalue weighted by Gasteiger charge is 2.28. The fourth-order valence-corrected chi connectivity index (χ4v) is 1.84. The molecule has 106 valence electrons. The number of rotatable bonds is 6. The molecule has 0 spiro atoms. The van der Waals surface area contributed by atoms with Gasteiger partial charge in [0.1, 0.15) is 5.82 Å². The maximum absolute atomic E-state index is 12.6. The third-order valence-corrected chi connectivity index (χ3v) is 2.84. The summed E-state index contributed by atoms with van der Waals surface area (Å²) in [6.45, 7) is -1.53. The van der Waals surface area contributed by atoms with Crippen LogP contribution in [0.25, 0.3) is 0 Å². The van der Waals surface area contributed by atoms with Gasteiger partial charge in [-0.05, 0) is 17.7 Å². The van der Waals surface area contributed by atoms with E-state index in [1.807, 2.05) is 0 Å². The molecule has 3 nitrogen and oxygen atoms in total. The van der Waals surface area contributed by atoms with Gasteiger partial charge in [-0.15, -0.1) is 11.8 Å². The number of hydrogen-bond donors (Lipinski definition) is 1. The Kier molecular flexibility index (Phi) is 6.10. The number of alkyl halides is 3. The van der Waals surface area contributed by atoms with E-state index in [4.69, 9.17) is 0 Å². The number of nitrogens with one attached hydrogen (secondary N) is 1. The molecule has 1 amide bonds. The van der Waals surface area contributed by atoms with Crippen LogP contribution in [0, 0.1) is 5.82 Å². The lowest BCUT2D eigenvalue weighted by molar-refractivity contribution is -0.191. The van der Waals surface area contributed by atoms with Crippen LogP contribution in [0.2, 0.25) is 0 Å². The Bertz CT molecular complexity index is 408. The molecule has 0 aliphatic carbocycles. The van der Waals surface area contributed by atoms with Crippen molar-refractivity contribution in [2.45, 2.75) is 11.9 Å². The Morgan fingerprint density at radius 2 is 1.89 bits per heavy atom. The van der Waals surface area contributed by atoms with E-state index in [1.165, 1.54) is 23.9 Å². The van der Waals surface area contributed by atoms with Crippen molar-refractivity contribution in [2.75, 3.05) is 12.4 Å². The minimum Gasteiger partial charge on any atom is -0.272 e. The number of carbonyl (C=O) groups is 1. The third kappa shape index (κ3) is 7.68. The van der Waals surface area contributed by atoms with Gasteiger partial charge in [-0.3, -0.25) is 9.63 Å². The zero-order valence-corrected chi connectivity index (χ0v) is 10.5. The summed E-state index contributed by atoms with van der Waals surface area (Å²) in [7, 11) is 0. The van der Waals surface area contributed by atoms with Gasteiger partial charge in [-0.1, -0.05) is 12.1 Å². The molecule has 0 bridgehead atoms. The molecule has 1 rings (SSSR count). The van der Waals surface area contributed by atoms with Gasteiger partial charge in [0, 0.05) is 5.75 Å². The van der Waals surface area contributed by atoms with Crippen molar-refractivity contribution in [2.24, 2.45) is 0 Å². The Morgan fingerprint density at radius 3 is 2.47 bits per heavy atom. The maximum atomic E-state index is 12.6. The number of halogens is 4. The molecule has 0 aliphatic rings. The molecule has 0 radical (unpaired) electrons. The van der Waals surface area contributed by atoms with Gasteiger partial charge in [-0.2, -0.15) is 13.2 Å². The van der Waals surface area contributed by atoms with Gasteiger partial charge in [0.2, 0.25) is 0 Å². The highest BCUT2D eigenvalue weighted by atomic mass is 32.2. The van der Waals surface area contributed by atoms with Crippen LogP contribution in [0.5, 0.6) is 0 Å². The van der Waals surface area contributed by atoms with Crippen LogP contribution in [0.1, 0.15) is 5.56 Å². The van der Waals surface area contributed by atoms with E-state index in [2.05, 4.69) is 4.84 Å². The summed E-state index contributed by atoms with van der Waals surface area (Å²) in [4.78, 5) is 15.1. The maximum Gasteiger partial charge on any atom is 0.414 e. The van der Waals surface area contributed by atoms with Gasteiger partial charge in [-0.25, -0.2) is 9.87 Å². The van der Waals surface area contributed by atoms with Gasteiger partial charge in [0.05, 0.1) is 5.75 Å². The molecular weight excluding hydrogens is 286 g/mol. The first-order valence-corrected chi connectivity index (χ1v) is 6.32. The molecule has 1 aromatic carbocycles. The molecule has 0 saturated heterocycles. The summed E-state index contributed by atoms with van der Waals surface area (Å²) in [5.41, 5.74) is 2.51. The van der Waals surface area contributed by atoms with Crippen molar-refractivity contribution in [3.05, 3.63) is 35.6 Å². The van der Waals surface area contributed by atoms with Crippen molar-refractivity contribution in [3.63, 3.8) is 0 Å². The fraction of sp³-hybridized carbons (Fsp3) is 0.364. The first-order valence-electron chi connectivity index (χ1n) is 5.16. The van der Waals surface area contributed by atoms with E-state index in [-0.39, 0.29) is 11.6 Å². The highest BCUT2D eigenvalue weighted by Crippen LogP contribution is 2.14. The van der Waals surface area contributed by atoms with Crippen molar-refractivity contribution in [1.29, 1.82) is 0 Å². The van der Waals surface area contributed by atoms with Gasteiger partial charge >= 0.3 is 6.18 Å². The summed E-state index contributed by atoms with van der Waals surface area (Å²) >= 11 is 1.18. The van der Waals surface area contributed by atoms with Crippen LogP contribution in [0.15, 0.2) is 24.3 Å². The lowest BCUT2D eigenvalue weighted by Gasteiger charge is -2.08. The third-order valence-electron chi connectivity index (χ3n) is 1.84. The van der Waals surface area contributed by atoms with Crippen LogP contribution >= 0.6 is 11.8 Å². The first kappa shape index (κ1) is 15.8. The molecule has 1 N–H and O–H groups in total. The Labute approximate surface area is 111 Å². The second-order valence-electron chi connectivity index (χ2n) is 3.55. The average Bonchev–Trinajstić information content (AvgIpc) is 2.30. The first-order chi connectivity index (χ1) is 8.87. The summed E-state index contributed by atoms with van der Waals surface area (Å²) in [5.74, 6) is -0.606. The molecule has 0 aromatic heterocycles. The number of hydroxylamine groups is 1. The lowest BCUT2D eigenvalue weighted by atomic mass is 10.2. The summed E-state index contributed by atoms with van der Waals surface area (Å²) in [5, 5.41) is 0. The van der Waals surface area contributed by atoms with Gasteiger partial charge < -0.3 is 0 Å².